The zero-order valence-corrected chi connectivity index (χ0v) is 11.4. The number of alkyl halides is 1. The van der Waals surface area contributed by atoms with Gasteiger partial charge in [0.05, 0.1) is 10.2 Å². The average molecular weight is 357 g/mol. The van der Waals surface area contributed by atoms with Crippen LogP contribution in [0, 0.1) is 0 Å². The zero-order valence-electron chi connectivity index (χ0n) is 7.41. The third-order valence-electron chi connectivity index (χ3n) is 1.68. The average Bonchev–Trinajstić information content (AvgIpc) is 2.15. The number of carbonyl (C=O) groups is 1. The van der Waals surface area contributed by atoms with E-state index in [9.17, 15) is 13.2 Å². The Morgan fingerprint density at radius 2 is 2.00 bits per heavy atom. The Bertz CT molecular complexity index is 499. The monoisotopic (exact) mass is 355 g/mol. The van der Waals surface area contributed by atoms with Gasteiger partial charge >= 0.3 is 0 Å². The molecule has 1 rings (SSSR count). The van der Waals surface area contributed by atoms with E-state index in [0.717, 1.165) is 0 Å². The Hall–Kier alpha value is -0.240. The molecule has 0 heterocycles. The van der Waals surface area contributed by atoms with Crippen molar-refractivity contribution in [3.05, 3.63) is 28.2 Å². The highest BCUT2D eigenvalue weighted by atomic mass is 79.9. The minimum atomic E-state index is -3.81. The first-order chi connectivity index (χ1) is 6.86. The number of hydrogen-bond donors (Lipinski definition) is 1. The summed E-state index contributed by atoms with van der Waals surface area (Å²) in [6.45, 7) is 0. The molecule has 0 bridgehead atoms. The van der Waals surface area contributed by atoms with Crippen molar-refractivity contribution >= 4 is 47.7 Å². The van der Waals surface area contributed by atoms with Gasteiger partial charge in [-0.3, -0.25) is 4.79 Å². The van der Waals surface area contributed by atoms with Crippen LogP contribution in [0.4, 0.5) is 0 Å². The van der Waals surface area contributed by atoms with Crippen LogP contribution in [0.3, 0.4) is 0 Å². The van der Waals surface area contributed by atoms with Gasteiger partial charge in [0.25, 0.3) is 0 Å². The van der Waals surface area contributed by atoms with Gasteiger partial charge in [-0.1, -0.05) is 22.0 Å². The fraction of sp³-hybridized carbons (Fsp3) is 0.125. The summed E-state index contributed by atoms with van der Waals surface area (Å²) in [5.41, 5.74) is 0.305. The second-order valence-corrected chi connectivity index (χ2v) is 5.69. The van der Waals surface area contributed by atoms with E-state index in [-0.39, 0.29) is 16.0 Å². The molecule has 15 heavy (non-hydrogen) atoms. The lowest BCUT2D eigenvalue weighted by atomic mass is 10.1. The maximum atomic E-state index is 11.3. The van der Waals surface area contributed by atoms with Crippen LogP contribution in [-0.4, -0.2) is 19.5 Å². The predicted octanol–water partition coefficient (Wildman–Crippen LogP) is 1.67. The third-order valence-corrected chi connectivity index (χ3v) is 4.10. The molecule has 0 aliphatic heterocycles. The molecule has 0 radical (unpaired) electrons. The van der Waals surface area contributed by atoms with Crippen LogP contribution in [0.5, 0.6) is 0 Å². The second-order valence-electron chi connectivity index (χ2n) is 2.75. The Kier molecular flexibility index (Phi) is 4.05. The Labute approximate surface area is 104 Å². The molecule has 0 aliphatic carbocycles. The molecule has 0 aromatic heterocycles. The molecule has 0 saturated carbocycles. The minimum Gasteiger partial charge on any atom is -0.293 e. The number of rotatable bonds is 3. The second kappa shape index (κ2) is 4.73. The summed E-state index contributed by atoms with van der Waals surface area (Å²) in [5, 5.41) is 5.12. The number of hydrogen-bond acceptors (Lipinski definition) is 3. The van der Waals surface area contributed by atoms with Gasteiger partial charge in [0, 0.05) is 10.0 Å². The lowest BCUT2D eigenvalue weighted by Gasteiger charge is -2.04. The lowest BCUT2D eigenvalue weighted by molar-refractivity contribution is 0.102. The highest BCUT2D eigenvalue weighted by Gasteiger charge is 2.15. The van der Waals surface area contributed by atoms with Crippen molar-refractivity contribution in [2.75, 3.05) is 5.33 Å². The predicted molar refractivity (Wildman–Crippen MR) is 63.6 cm³/mol. The third kappa shape index (κ3) is 3.10. The first-order valence-corrected chi connectivity index (χ1v) is 7.24. The van der Waals surface area contributed by atoms with Crippen molar-refractivity contribution < 1.29 is 13.2 Å². The van der Waals surface area contributed by atoms with Gasteiger partial charge < -0.3 is 0 Å². The van der Waals surface area contributed by atoms with Gasteiger partial charge in [-0.2, -0.15) is 0 Å². The molecule has 82 valence electrons. The molecule has 0 atom stereocenters. The molecule has 0 saturated heterocycles. The molecule has 1 aromatic carbocycles. The molecular formula is C8H7Br2NO3S. The van der Waals surface area contributed by atoms with E-state index >= 15 is 0 Å². The summed E-state index contributed by atoms with van der Waals surface area (Å²) in [7, 11) is -3.81. The van der Waals surface area contributed by atoms with Gasteiger partial charge in [-0.25, -0.2) is 13.6 Å². The summed E-state index contributed by atoms with van der Waals surface area (Å²) >= 11 is 6.06. The van der Waals surface area contributed by atoms with E-state index in [0.29, 0.717) is 10.0 Å². The Morgan fingerprint density at radius 3 is 2.47 bits per heavy atom. The minimum absolute atomic E-state index is 0.0886. The molecule has 0 amide bonds. The summed E-state index contributed by atoms with van der Waals surface area (Å²) < 4.78 is 22.6. The topological polar surface area (TPSA) is 77.2 Å². The Morgan fingerprint density at radius 1 is 1.40 bits per heavy atom. The van der Waals surface area contributed by atoms with Crippen LogP contribution < -0.4 is 5.14 Å². The normalized spacial score (nSPS) is 11.4. The van der Waals surface area contributed by atoms with E-state index in [2.05, 4.69) is 31.9 Å². The molecule has 1 aromatic rings. The molecule has 0 unspecified atom stereocenters. The van der Waals surface area contributed by atoms with Gasteiger partial charge in [-0.05, 0) is 28.1 Å². The number of halogens is 2. The number of sulfonamides is 1. The van der Waals surface area contributed by atoms with Gasteiger partial charge in [0.1, 0.15) is 0 Å². The van der Waals surface area contributed by atoms with E-state index in [1.54, 1.807) is 0 Å². The van der Waals surface area contributed by atoms with Crippen molar-refractivity contribution in [1.82, 2.24) is 0 Å². The van der Waals surface area contributed by atoms with E-state index < -0.39 is 10.0 Å². The van der Waals surface area contributed by atoms with Crippen LogP contribution >= 0.6 is 31.9 Å². The van der Waals surface area contributed by atoms with Crippen LogP contribution in [-0.2, 0) is 10.0 Å². The Balaban J connectivity index is 3.36. The van der Waals surface area contributed by atoms with Crippen LogP contribution in [0.25, 0.3) is 0 Å². The standard InChI is InChI=1S/C8H7Br2NO3S/c9-4-7(12)5-1-2-6(10)8(3-5)15(11,13)14/h1-3H,4H2,(H2,11,13,14). The molecular weight excluding hydrogens is 350 g/mol. The number of Topliss-reactive ketones (excluding diaryl/α,β-unsaturated/α-hetero) is 1. The lowest BCUT2D eigenvalue weighted by Crippen LogP contribution is -2.14. The summed E-state index contributed by atoms with van der Waals surface area (Å²) in [5.74, 6) is -0.201. The highest BCUT2D eigenvalue weighted by Crippen LogP contribution is 2.22. The largest absolute Gasteiger partial charge is 0.293 e. The molecule has 0 aliphatic rings. The molecule has 0 fully saturated rings. The smallest absolute Gasteiger partial charge is 0.239 e. The number of nitrogens with two attached hydrogens (primary N) is 1. The first-order valence-electron chi connectivity index (χ1n) is 3.78. The summed E-state index contributed by atoms with van der Waals surface area (Å²) in [4.78, 5) is 11.2. The van der Waals surface area contributed by atoms with Gasteiger partial charge in [-0.15, -0.1) is 0 Å². The zero-order chi connectivity index (χ0) is 11.6. The van der Waals surface area contributed by atoms with Crippen molar-refractivity contribution in [3.8, 4) is 0 Å². The number of ketones is 1. The molecule has 2 N–H and O–H groups in total. The highest BCUT2D eigenvalue weighted by molar-refractivity contribution is 9.10. The van der Waals surface area contributed by atoms with Crippen molar-refractivity contribution in [1.29, 1.82) is 0 Å². The SMILES string of the molecule is NS(=O)(=O)c1cc(C(=O)CBr)ccc1Br. The maximum absolute atomic E-state index is 11.3. The molecule has 7 heteroatoms. The maximum Gasteiger partial charge on any atom is 0.239 e. The first kappa shape index (κ1) is 12.8. The fourth-order valence-corrected chi connectivity index (χ4v) is 2.85. The van der Waals surface area contributed by atoms with Gasteiger partial charge in [0.15, 0.2) is 5.78 Å². The summed E-state index contributed by atoms with van der Waals surface area (Å²) in [6.07, 6.45) is 0. The van der Waals surface area contributed by atoms with Crippen molar-refractivity contribution in [2.24, 2.45) is 5.14 Å². The van der Waals surface area contributed by atoms with Gasteiger partial charge in [0.2, 0.25) is 10.0 Å². The van der Waals surface area contributed by atoms with E-state index in [4.69, 9.17) is 5.14 Å². The van der Waals surface area contributed by atoms with E-state index in [1.165, 1.54) is 18.2 Å². The molecule has 4 nitrogen and oxygen atoms in total. The fourth-order valence-electron chi connectivity index (χ4n) is 0.972. The van der Waals surface area contributed by atoms with E-state index in [1.807, 2.05) is 0 Å². The van der Waals surface area contributed by atoms with Crippen molar-refractivity contribution in [3.63, 3.8) is 0 Å². The van der Waals surface area contributed by atoms with Crippen LogP contribution in [0.1, 0.15) is 10.4 Å². The number of carbonyl (C=O) groups excluding carboxylic acids is 1. The number of primary sulfonamides is 1. The summed E-state index contributed by atoms with van der Waals surface area (Å²) in [6, 6.07) is 4.26. The van der Waals surface area contributed by atoms with Crippen LogP contribution in [0.15, 0.2) is 27.6 Å². The van der Waals surface area contributed by atoms with Crippen LogP contribution in [0.2, 0.25) is 0 Å². The molecule has 0 spiro atoms. The quantitative estimate of drug-likeness (QED) is 0.661. The number of benzene rings is 1. The van der Waals surface area contributed by atoms with Crippen molar-refractivity contribution in [2.45, 2.75) is 4.90 Å².